The van der Waals surface area contributed by atoms with E-state index in [0.717, 1.165) is 31.6 Å². The minimum atomic E-state index is -0.218. The van der Waals surface area contributed by atoms with Crippen molar-refractivity contribution in [3.8, 4) is 0 Å². The lowest BCUT2D eigenvalue weighted by atomic mass is 9.97. The number of rotatable bonds is 5. The van der Waals surface area contributed by atoms with Crippen molar-refractivity contribution in [3.05, 3.63) is 45.9 Å². The quantitative estimate of drug-likeness (QED) is 0.719. The molecule has 3 heterocycles. The zero-order valence-corrected chi connectivity index (χ0v) is 13.7. The molecule has 1 fully saturated rings. The number of carbonyl (C=O) groups is 1. The summed E-state index contributed by atoms with van der Waals surface area (Å²) in [6, 6.07) is 3.36. The second-order valence-electron chi connectivity index (χ2n) is 6.08. The molecule has 0 spiro atoms. The average Bonchev–Trinajstić information content (AvgIpc) is 3.01. The lowest BCUT2D eigenvalue weighted by molar-refractivity contribution is -0.122. The van der Waals surface area contributed by atoms with E-state index >= 15 is 0 Å². The summed E-state index contributed by atoms with van der Waals surface area (Å²) in [5.74, 6) is 0.794. The molecule has 1 atom stereocenters. The van der Waals surface area contributed by atoms with Gasteiger partial charge in [-0.15, -0.1) is 0 Å². The fourth-order valence-electron chi connectivity index (χ4n) is 2.91. The topological polar surface area (TPSA) is 105 Å². The molecule has 3 N–H and O–H groups in total. The lowest BCUT2D eigenvalue weighted by Gasteiger charge is -2.20. The van der Waals surface area contributed by atoms with Crippen LogP contribution in [0.15, 0.2) is 23.1 Å². The molecule has 1 aliphatic heterocycles. The Labute approximate surface area is 139 Å². The van der Waals surface area contributed by atoms with E-state index in [0.29, 0.717) is 17.4 Å². The van der Waals surface area contributed by atoms with Gasteiger partial charge in [0, 0.05) is 24.7 Å². The Kier molecular flexibility index (Phi) is 5.05. The zero-order chi connectivity index (χ0) is 16.9. The highest BCUT2D eigenvalue weighted by Crippen LogP contribution is 2.21. The molecule has 8 nitrogen and oxygen atoms in total. The van der Waals surface area contributed by atoms with Crippen LogP contribution in [0.1, 0.15) is 36.0 Å². The number of hydrogen-bond acceptors (Lipinski definition) is 5. The molecule has 0 aliphatic carbocycles. The monoisotopic (exact) mass is 330 g/mol. The van der Waals surface area contributed by atoms with Gasteiger partial charge in [-0.05, 0) is 32.4 Å². The number of H-pyrrole nitrogens is 1. The van der Waals surface area contributed by atoms with Crippen molar-refractivity contribution >= 4 is 5.91 Å². The molecule has 1 unspecified atom stereocenters. The highest BCUT2D eigenvalue weighted by molar-refractivity contribution is 5.75. The van der Waals surface area contributed by atoms with Crippen LogP contribution in [-0.2, 0) is 17.9 Å². The van der Waals surface area contributed by atoms with Gasteiger partial charge in [-0.25, -0.2) is 4.98 Å². The van der Waals surface area contributed by atoms with Crippen molar-refractivity contribution in [2.24, 2.45) is 0 Å². The fraction of sp³-hybridized carbons (Fsp3) is 0.500. The second-order valence-corrected chi connectivity index (χ2v) is 6.08. The molecule has 8 heteroatoms. The number of aryl methyl sites for hydroxylation is 1. The minimum absolute atomic E-state index is 0.155. The molecule has 0 bridgehead atoms. The fourth-order valence-corrected chi connectivity index (χ4v) is 2.91. The molecule has 2 aromatic heterocycles. The van der Waals surface area contributed by atoms with Crippen LogP contribution in [0.4, 0.5) is 0 Å². The predicted octanol–water partition coefficient (Wildman–Crippen LogP) is 0.0582. The van der Waals surface area contributed by atoms with E-state index in [1.54, 1.807) is 11.6 Å². The van der Waals surface area contributed by atoms with E-state index in [2.05, 4.69) is 25.7 Å². The van der Waals surface area contributed by atoms with Gasteiger partial charge in [0.1, 0.15) is 12.4 Å². The molecule has 2 aromatic rings. The maximum absolute atomic E-state index is 12.0. The van der Waals surface area contributed by atoms with Crippen LogP contribution in [0.25, 0.3) is 0 Å². The van der Waals surface area contributed by atoms with Gasteiger partial charge in [0.25, 0.3) is 5.56 Å². The van der Waals surface area contributed by atoms with Gasteiger partial charge >= 0.3 is 0 Å². The maximum atomic E-state index is 12.0. The first-order valence-corrected chi connectivity index (χ1v) is 8.18. The summed E-state index contributed by atoms with van der Waals surface area (Å²) in [4.78, 5) is 30.2. The van der Waals surface area contributed by atoms with Crippen molar-refractivity contribution < 1.29 is 4.79 Å². The van der Waals surface area contributed by atoms with Crippen molar-refractivity contribution in [1.82, 2.24) is 30.4 Å². The summed E-state index contributed by atoms with van der Waals surface area (Å²) in [5, 5.41) is 10.6. The van der Waals surface area contributed by atoms with Gasteiger partial charge in [-0.1, -0.05) is 0 Å². The molecule has 0 saturated carbocycles. The van der Waals surface area contributed by atoms with E-state index < -0.39 is 0 Å². The van der Waals surface area contributed by atoms with E-state index in [-0.39, 0.29) is 24.6 Å². The van der Waals surface area contributed by atoms with Crippen molar-refractivity contribution in [2.45, 2.75) is 38.8 Å². The number of aromatic nitrogens is 4. The Morgan fingerprint density at radius 2 is 2.38 bits per heavy atom. The highest BCUT2D eigenvalue weighted by Gasteiger charge is 2.17. The largest absolute Gasteiger partial charge is 0.349 e. The SMILES string of the molecule is Cc1nc(CNC(=O)Cn2ccc(C3CCCNC3)n2)cc(=O)[nH]1. The van der Waals surface area contributed by atoms with Crippen molar-refractivity contribution in [3.63, 3.8) is 0 Å². The molecule has 0 aromatic carbocycles. The summed E-state index contributed by atoms with van der Waals surface area (Å²) in [6.45, 7) is 4.09. The number of nitrogens with one attached hydrogen (secondary N) is 3. The first-order valence-electron chi connectivity index (χ1n) is 8.18. The van der Waals surface area contributed by atoms with E-state index in [4.69, 9.17) is 0 Å². The number of carbonyl (C=O) groups excluding carboxylic acids is 1. The number of nitrogens with zero attached hydrogens (tertiary/aromatic N) is 3. The van der Waals surface area contributed by atoms with Crippen LogP contribution < -0.4 is 16.2 Å². The molecule has 24 heavy (non-hydrogen) atoms. The van der Waals surface area contributed by atoms with Crippen LogP contribution in [0.5, 0.6) is 0 Å². The molecule has 3 rings (SSSR count). The first kappa shape index (κ1) is 16.4. The third-order valence-corrected chi connectivity index (χ3v) is 4.06. The number of piperidine rings is 1. The molecular weight excluding hydrogens is 308 g/mol. The molecule has 0 radical (unpaired) electrons. The van der Waals surface area contributed by atoms with Crippen LogP contribution in [0.2, 0.25) is 0 Å². The van der Waals surface area contributed by atoms with Crippen molar-refractivity contribution in [2.75, 3.05) is 13.1 Å². The van der Waals surface area contributed by atoms with Gasteiger partial charge in [0.05, 0.1) is 17.9 Å². The second kappa shape index (κ2) is 7.39. The molecule has 1 aliphatic rings. The van der Waals surface area contributed by atoms with Crippen LogP contribution in [0.3, 0.4) is 0 Å². The van der Waals surface area contributed by atoms with Gasteiger partial charge in [0.15, 0.2) is 0 Å². The molecule has 128 valence electrons. The van der Waals surface area contributed by atoms with E-state index in [1.165, 1.54) is 6.07 Å². The standard InChI is InChI=1S/C16H22N6O2/c1-11-19-13(7-15(23)20-11)9-18-16(24)10-22-6-4-14(21-22)12-3-2-5-17-8-12/h4,6-7,12,17H,2-3,5,8-10H2,1H3,(H,18,24)(H,19,20,23). The van der Waals surface area contributed by atoms with Gasteiger partial charge in [-0.3, -0.25) is 14.3 Å². The van der Waals surface area contributed by atoms with Gasteiger partial charge in [0.2, 0.25) is 5.91 Å². The van der Waals surface area contributed by atoms with E-state index in [1.807, 2.05) is 12.3 Å². The summed E-state index contributed by atoms with van der Waals surface area (Å²) in [5.41, 5.74) is 1.35. The number of hydrogen-bond donors (Lipinski definition) is 3. The Hall–Kier alpha value is -2.48. The number of amides is 1. The Bertz CT molecular complexity index is 760. The average molecular weight is 330 g/mol. The van der Waals surface area contributed by atoms with Gasteiger partial charge in [-0.2, -0.15) is 5.10 Å². The van der Waals surface area contributed by atoms with Crippen molar-refractivity contribution in [1.29, 1.82) is 0 Å². The third kappa shape index (κ3) is 4.29. The smallest absolute Gasteiger partial charge is 0.251 e. The zero-order valence-electron chi connectivity index (χ0n) is 13.7. The summed E-state index contributed by atoms with van der Waals surface area (Å²) < 4.78 is 1.65. The first-order chi connectivity index (χ1) is 11.6. The molecular formula is C16H22N6O2. The van der Waals surface area contributed by atoms with E-state index in [9.17, 15) is 9.59 Å². The lowest BCUT2D eigenvalue weighted by Crippen LogP contribution is -2.29. The molecule has 1 saturated heterocycles. The van der Waals surface area contributed by atoms with Crippen LogP contribution >= 0.6 is 0 Å². The maximum Gasteiger partial charge on any atom is 0.251 e. The Balaban J connectivity index is 1.53. The molecule has 1 amide bonds. The van der Waals surface area contributed by atoms with Crippen LogP contribution in [-0.4, -0.2) is 38.7 Å². The third-order valence-electron chi connectivity index (χ3n) is 4.06. The summed E-state index contributed by atoms with van der Waals surface area (Å²) in [6.07, 6.45) is 4.11. The summed E-state index contributed by atoms with van der Waals surface area (Å²) >= 11 is 0. The number of aromatic amines is 1. The minimum Gasteiger partial charge on any atom is -0.349 e. The van der Waals surface area contributed by atoms with Gasteiger partial charge < -0.3 is 15.6 Å². The predicted molar refractivity (Wildman–Crippen MR) is 88.5 cm³/mol. The highest BCUT2D eigenvalue weighted by atomic mass is 16.2. The Morgan fingerprint density at radius 1 is 1.50 bits per heavy atom. The Morgan fingerprint density at radius 3 is 3.12 bits per heavy atom. The normalized spacial score (nSPS) is 17.6. The van der Waals surface area contributed by atoms with Crippen LogP contribution in [0, 0.1) is 6.92 Å². The summed E-state index contributed by atoms with van der Waals surface area (Å²) in [7, 11) is 0.